The topological polar surface area (TPSA) is 82.4 Å². The minimum absolute atomic E-state index is 0.357. The van der Waals surface area contributed by atoms with Gasteiger partial charge >= 0.3 is 12.1 Å². The number of ether oxygens (including phenoxy) is 2. The van der Waals surface area contributed by atoms with Crippen molar-refractivity contribution in [1.29, 1.82) is 0 Å². The molecule has 130 valence electrons. The summed E-state index contributed by atoms with van der Waals surface area (Å²) in [6, 6.07) is 3.50. The van der Waals surface area contributed by atoms with Crippen LogP contribution in [0.5, 0.6) is 0 Å². The van der Waals surface area contributed by atoms with Crippen LogP contribution in [-0.4, -0.2) is 34.3 Å². The van der Waals surface area contributed by atoms with E-state index in [-0.39, 0.29) is 0 Å². The van der Waals surface area contributed by atoms with Crippen molar-refractivity contribution in [1.82, 2.24) is 9.55 Å². The van der Waals surface area contributed by atoms with Crippen LogP contribution in [0.15, 0.2) is 12.1 Å². The van der Waals surface area contributed by atoms with Crippen molar-refractivity contribution in [3.8, 4) is 0 Å². The van der Waals surface area contributed by atoms with Crippen molar-refractivity contribution in [2.45, 2.75) is 39.7 Å². The highest BCUT2D eigenvalue weighted by Gasteiger charge is 2.21. The fourth-order valence-corrected chi connectivity index (χ4v) is 2.48. The summed E-state index contributed by atoms with van der Waals surface area (Å²) < 4.78 is 11.8. The first-order valence-electron chi connectivity index (χ1n) is 7.74. The molecule has 0 unspecified atom stereocenters. The number of benzene rings is 1. The fraction of sp³-hybridized carbons (Fsp3) is 0.471. The van der Waals surface area contributed by atoms with Gasteiger partial charge in [-0.3, -0.25) is 5.32 Å². The summed E-state index contributed by atoms with van der Waals surface area (Å²) in [5.74, 6) is -0.0444. The second-order valence-electron chi connectivity index (χ2n) is 6.43. The zero-order chi connectivity index (χ0) is 18.1. The molecular formula is C17H23N3O4. The number of imidazole rings is 1. The summed E-state index contributed by atoms with van der Waals surface area (Å²) in [5.41, 5.74) is 2.14. The van der Waals surface area contributed by atoms with Crippen molar-refractivity contribution >= 4 is 29.0 Å². The van der Waals surface area contributed by atoms with Gasteiger partial charge in [0.2, 0.25) is 5.95 Å². The molecule has 24 heavy (non-hydrogen) atoms. The molecule has 7 heteroatoms. The predicted octanol–water partition coefficient (Wildman–Crippen LogP) is 3.27. The Morgan fingerprint density at radius 1 is 1.29 bits per heavy atom. The van der Waals surface area contributed by atoms with Gasteiger partial charge in [0.05, 0.1) is 23.7 Å². The summed E-state index contributed by atoms with van der Waals surface area (Å²) in [6.07, 6.45) is 0.0390. The molecule has 2 rings (SSSR count). The Morgan fingerprint density at radius 3 is 2.50 bits per heavy atom. The number of hydrogen-bond donors (Lipinski definition) is 1. The van der Waals surface area contributed by atoms with Gasteiger partial charge in [0.25, 0.3) is 0 Å². The number of rotatable bonds is 3. The molecule has 0 bridgehead atoms. The summed E-state index contributed by atoms with van der Waals surface area (Å²) in [4.78, 5) is 28.4. The normalized spacial score (nSPS) is 11.4. The van der Waals surface area contributed by atoms with Gasteiger partial charge in [-0.1, -0.05) is 6.92 Å². The number of hydrogen-bond acceptors (Lipinski definition) is 5. The standard InChI is InChI=1S/C17H23N3O4/c1-7-10-11(14(21)23-6)8-9-12-13(10)18-15(20(12)5)19-16(22)24-17(2,3)4/h8-9H,7H2,1-6H3,(H,18,19,22). The lowest BCUT2D eigenvalue weighted by atomic mass is 10.0. The molecule has 2 aromatic rings. The third kappa shape index (κ3) is 3.50. The fourth-order valence-electron chi connectivity index (χ4n) is 2.48. The Labute approximate surface area is 141 Å². The Morgan fingerprint density at radius 2 is 1.96 bits per heavy atom. The van der Waals surface area contributed by atoms with Crippen molar-refractivity contribution in [2.24, 2.45) is 7.05 Å². The number of anilines is 1. The van der Waals surface area contributed by atoms with Gasteiger partial charge in [0.15, 0.2) is 0 Å². The smallest absolute Gasteiger partial charge is 0.414 e. The Balaban J connectivity index is 2.46. The molecule has 0 radical (unpaired) electrons. The second kappa shape index (κ2) is 6.51. The molecule has 0 spiro atoms. The first kappa shape index (κ1) is 17.8. The number of carbonyl (C=O) groups excluding carboxylic acids is 2. The van der Waals surface area contributed by atoms with Gasteiger partial charge in [0, 0.05) is 7.05 Å². The highest BCUT2D eigenvalue weighted by molar-refractivity contribution is 5.98. The molecule has 0 aliphatic heterocycles. The molecule has 1 aromatic heterocycles. The minimum atomic E-state index is -0.596. The predicted molar refractivity (Wildman–Crippen MR) is 91.3 cm³/mol. The second-order valence-corrected chi connectivity index (χ2v) is 6.43. The molecule has 1 N–H and O–H groups in total. The third-order valence-electron chi connectivity index (χ3n) is 3.53. The van der Waals surface area contributed by atoms with Crippen LogP contribution in [0, 0.1) is 0 Å². The molecule has 1 amide bonds. The van der Waals surface area contributed by atoms with Gasteiger partial charge in [0.1, 0.15) is 5.60 Å². The Kier molecular flexibility index (Phi) is 4.82. The lowest BCUT2D eigenvalue weighted by Crippen LogP contribution is -2.28. The van der Waals surface area contributed by atoms with Gasteiger partial charge in [-0.2, -0.15) is 0 Å². The van der Waals surface area contributed by atoms with E-state index in [0.717, 1.165) is 11.1 Å². The number of nitrogens with one attached hydrogen (secondary N) is 1. The van der Waals surface area contributed by atoms with Crippen LogP contribution in [0.1, 0.15) is 43.6 Å². The van der Waals surface area contributed by atoms with Gasteiger partial charge in [-0.25, -0.2) is 14.6 Å². The van der Waals surface area contributed by atoms with Crippen LogP contribution >= 0.6 is 0 Å². The number of nitrogens with zero attached hydrogens (tertiary/aromatic N) is 2. The summed E-state index contributed by atoms with van der Waals surface area (Å²) in [6.45, 7) is 7.31. The molecule has 0 atom stereocenters. The molecule has 0 aliphatic carbocycles. The molecule has 0 fully saturated rings. The third-order valence-corrected chi connectivity index (χ3v) is 3.53. The summed E-state index contributed by atoms with van der Waals surface area (Å²) in [5, 5.41) is 2.64. The van der Waals surface area contributed by atoms with Gasteiger partial charge < -0.3 is 14.0 Å². The van der Waals surface area contributed by atoms with E-state index < -0.39 is 17.7 Å². The SMILES string of the molecule is CCc1c(C(=O)OC)ccc2c1nc(NC(=O)OC(C)(C)C)n2C. The van der Waals surface area contributed by atoms with E-state index in [1.165, 1.54) is 7.11 Å². The molecule has 1 aromatic carbocycles. The highest BCUT2D eigenvalue weighted by Crippen LogP contribution is 2.26. The number of methoxy groups -OCH3 is 1. The molecule has 1 heterocycles. The number of aromatic nitrogens is 2. The van der Waals surface area contributed by atoms with Crippen LogP contribution < -0.4 is 5.32 Å². The Bertz CT molecular complexity index is 787. The maximum absolute atomic E-state index is 12.0. The molecular weight excluding hydrogens is 310 g/mol. The van der Waals surface area contributed by atoms with Crippen molar-refractivity contribution < 1.29 is 19.1 Å². The van der Waals surface area contributed by atoms with Crippen LogP contribution in [0.4, 0.5) is 10.7 Å². The Hall–Kier alpha value is -2.57. The number of esters is 1. The lowest BCUT2D eigenvalue weighted by Gasteiger charge is -2.19. The largest absolute Gasteiger partial charge is 0.465 e. The zero-order valence-electron chi connectivity index (χ0n) is 14.9. The van der Waals surface area contributed by atoms with E-state index in [4.69, 9.17) is 9.47 Å². The van der Waals surface area contributed by atoms with E-state index in [2.05, 4.69) is 10.3 Å². The first-order valence-corrected chi connectivity index (χ1v) is 7.74. The van der Waals surface area contributed by atoms with Crippen LogP contribution in [0.3, 0.4) is 0 Å². The quantitative estimate of drug-likeness (QED) is 0.872. The van der Waals surface area contributed by atoms with Crippen molar-refractivity contribution in [3.05, 3.63) is 23.3 Å². The van der Waals surface area contributed by atoms with E-state index in [0.29, 0.717) is 23.4 Å². The number of amides is 1. The van der Waals surface area contributed by atoms with E-state index in [1.807, 2.05) is 6.92 Å². The summed E-state index contributed by atoms with van der Waals surface area (Å²) >= 11 is 0. The number of carbonyl (C=O) groups is 2. The maximum atomic E-state index is 12.0. The molecule has 7 nitrogen and oxygen atoms in total. The molecule has 0 aliphatic rings. The zero-order valence-corrected chi connectivity index (χ0v) is 14.9. The van der Waals surface area contributed by atoms with E-state index in [9.17, 15) is 9.59 Å². The summed E-state index contributed by atoms with van der Waals surface area (Å²) in [7, 11) is 3.14. The van der Waals surface area contributed by atoms with Crippen LogP contribution in [0.2, 0.25) is 0 Å². The van der Waals surface area contributed by atoms with Gasteiger partial charge in [-0.05, 0) is 44.9 Å². The van der Waals surface area contributed by atoms with E-state index in [1.54, 1.807) is 44.5 Å². The number of aryl methyl sites for hydroxylation is 2. The first-order chi connectivity index (χ1) is 11.2. The maximum Gasteiger partial charge on any atom is 0.414 e. The van der Waals surface area contributed by atoms with E-state index >= 15 is 0 Å². The van der Waals surface area contributed by atoms with Crippen molar-refractivity contribution in [2.75, 3.05) is 12.4 Å². The molecule has 0 saturated carbocycles. The lowest BCUT2D eigenvalue weighted by molar-refractivity contribution is 0.0597. The molecule has 0 saturated heterocycles. The van der Waals surface area contributed by atoms with Gasteiger partial charge in [-0.15, -0.1) is 0 Å². The number of fused-ring (bicyclic) bond motifs is 1. The minimum Gasteiger partial charge on any atom is -0.465 e. The average Bonchev–Trinajstić information content (AvgIpc) is 2.80. The van der Waals surface area contributed by atoms with Crippen molar-refractivity contribution in [3.63, 3.8) is 0 Å². The highest BCUT2D eigenvalue weighted by atomic mass is 16.6. The van der Waals surface area contributed by atoms with Crippen LogP contribution in [-0.2, 0) is 22.9 Å². The average molecular weight is 333 g/mol. The monoisotopic (exact) mass is 333 g/mol. The van der Waals surface area contributed by atoms with Crippen LogP contribution in [0.25, 0.3) is 11.0 Å².